The Hall–Kier alpha value is -1.52. The van der Waals surface area contributed by atoms with Crippen molar-refractivity contribution in [1.82, 2.24) is 19.6 Å². The predicted molar refractivity (Wildman–Crippen MR) is 38.1 cm³/mol. The van der Waals surface area contributed by atoms with Crippen LogP contribution in [-0.4, -0.2) is 26.2 Å². The smallest absolute Gasteiger partial charge is 0.120 e. The molecular weight excluding hydrogens is 144 g/mol. The molecule has 0 aliphatic heterocycles. The molecule has 5 nitrogen and oxygen atoms in total. The molecule has 0 bridgehead atoms. The second-order valence-electron chi connectivity index (χ2n) is 2.08. The summed E-state index contributed by atoms with van der Waals surface area (Å²) < 4.78 is 1.73. The van der Waals surface area contributed by atoms with Crippen molar-refractivity contribution in [1.29, 1.82) is 0 Å². The Morgan fingerprint density at radius 1 is 1.55 bits per heavy atom. The molecule has 11 heavy (non-hydrogen) atoms. The van der Waals surface area contributed by atoms with Crippen molar-refractivity contribution in [3.63, 3.8) is 0 Å². The van der Waals surface area contributed by atoms with Gasteiger partial charge in [-0.2, -0.15) is 4.52 Å². The van der Waals surface area contributed by atoms with E-state index in [1.54, 1.807) is 23.2 Å². The average Bonchev–Trinajstić information content (AvgIpc) is 2.53. The SMILES string of the molecule is CCOn1ncc2cncn21. The first kappa shape index (κ1) is 6.21. The standard InChI is InChI=1S/C6H8N4O/c1-2-11-10-8-4-6-3-7-5-9(6)10/h3-5H,2H2,1H3. The Balaban J connectivity index is 2.51. The van der Waals surface area contributed by atoms with Crippen molar-refractivity contribution >= 4 is 5.52 Å². The second kappa shape index (κ2) is 2.26. The number of hydrogen-bond acceptors (Lipinski definition) is 3. The summed E-state index contributed by atoms with van der Waals surface area (Å²) in [5.41, 5.74) is 0.929. The van der Waals surface area contributed by atoms with Crippen molar-refractivity contribution < 1.29 is 4.84 Å². The van der Waals surface area contributed by atoms with Gasteiger partial charge in [0.05, 0.1) is 12.4 Å². The summed E-state index contributed by atoms with van der Waals surface area (Å²) in [7, 11) is 0. The van der Waals surface area contributed by atoms with E-state index in [0.29, 0.717) is 6.61 Å². The zero-order valence-corrected chi connectivity index (χ0v) is 6.14. The fourth-order valence-corrected chi connectivity index (χ4v) is 0.909. The number of hydrogen-bond donors (Lipinski definition) is 0. The minimum atomic E-state index is 0.592. The molecule has 0 fully saturated rings. The Kier molecular flexibility index (Phi) is 1.28. The average molecular weight is 152 g/mol. The summed E-state index contributed by atoms with van der Waals surface area (Å²) in [5, 5.41) is 3.96. The van der Waals surface area contributed by atoms with E-state index < -0.39 is 0 Å². The fourth-order valence-electron chi connectivity index (χ4n) is 0.909. The first-order valence-electron chi connectivity index (χ1n) is 3.41. The normalized spacial score (nSPS) is 10.6. The largest absolute Gasteiger partial charge is 0.383 e. The van der Waals surface area contributed by atoms with Crippen LogP contribution in [0.1, 0.15) is 6.92 Å². The van der Waals surface area contributed by atoms with Gasteiger partial charge in [0.25, 0.3) is 0 Å². The number of aromatic nitrogens is 4. The van der Waals surface area contributed by atoms with Crippen LogP contribution in [-0.2, 0) is 0 Å². The van der Waals surface area contributed by atoms with Crippen LogP contribution < -0.4 is 4.84 Å². The molecule has 5 heteroatoms. The van der Waals surface area contributed by atoms with Gasteiger partial charge in [0.15, 0.2) is 0 Å². The van der Waals surface area contributed by atoms with Crippen molar-refractivity contribution in [3.05, 3.63) is 18.7 Å². The lowest BCUT2D eigenvalue weighted by Crippen LogP contribution is -2.16. The molecule has 0 unspecified atom stereocenters. The zero-order chi connectivity index (χ0) is 7.68. The van der Waals surface area contributed by atoms with Crippen LogP contribution in [0.25, 0.3) is 5.52 Å². The number of imidazole rings is 1. The van der Waals surface area contributed by atoms with Crippen LogP contribution in [0.4, 0.5) is 0 Å². The van der Waals surface area contributed by atoms with Crippen molar-refractivity contribution in [2.75, 3.05) is 6.61 Å². The van der Waals surface area contributed by atoms with Crippen LogP contribution in [0, 0.1) is 0 Å². The van der Waals surface area contributed by atoms with Gasteiger partial charge in [0.1, 0.15) is 18.5 Å². The molecule has 0 spiro atoms. The van der Waals surface area contributed by atoms with Gasteiger partial charge in [-0.1, -0.05) is 0 Å². The van der Waals surface area contributed by atoms with E-state index in [1.807, 2.05) is 6.92 Å². The lowest BCUT2D eigenvalue weighted by Gasteiger charge is -2.00. The Morgan fingerprint density at radius 3 is 3.27 bits per heavy atom. The Morgan fingerprint density at radius 2 is 2.45 bits per heavy atom. The van der Waals surface area contributed by atoms with Gasteiger partial charge in [-0.05, 0) is 11.9 Å². The number of rotatable bonds is 2. The van der Waals surface area contributed by atoms with Gasteiger partial charge in [0.2, 0.25) is 0 Å². The molecule has 58 valence electrons. The Bertz CT molecular complexity index is 350. The predicted octanol–water partition coefficient (Wildman–Crippen LogP) is -0.0207. The fraction of sp³-hybridized carbons (Fsp3) is 0.333. The first-order chi connectivity index (χ1) is 5.42. The molecule has 0 saturated carbocycles. The van der Waals surface area contributed by atoms with Crippen molar-refractivity contribution in [2.45, 2.75) is 6.92 Å². The van der Waals surface area contributed by atoms with Crippen LogP contribution in [0.5, 0.6) is 0 Å². The summed E-state index contributed by atoms with van der Waals surface area (Å²) in [6, 6.07) is 0. The molecule has 2 rings (SSSR count). The quantitative estimate of drug-likeness (QED) is 0.607. The third-order valence-electron chi connectivity index (χ3n) is 1.37. The molecule has 0 amide bonds. The van der Waals surface area contributed by atoms with E-state index in [9.17, 15) is 0 Å². The Labute approximate surface area is 63.1 Å². The molecule has 0 aliphatic carbocycles. The van der Waals surface area contributed by atoms with Gasteiger partial charge >= 0.3 is 0 Å². The molecule has 0 saturated heterocycles. The van der Waals surface area contributed by atoms with E-state index in [2.05, 4.69) is 10.1 Å². The second-order valence-corrected chi connectivity index (χ2v) is 2.08. The van der Waals surface area contributed by atoms with Gasteiger partial charge < -0.3 is 4.84 Å². The van der Waals surface area contributed by atoms with Crippen LogP contribution in [0.3, 0.4) is 0 Å². The maximum Gasteiger partial charge on any atom is 0.120 e. The summed E-state index contributed by atoms with van der Waals surface area (Å²) in [5.74, 6) is 0. The van der Waals surface area contributed by atoms with Gasteiger partial charge in [0, 0.05) is 0 Å². The lowest BCUT2D eigenvalue weighted by atomic mass is 10.7. The van der Waals surface area contributed by atoms with E-state index in [4.69, 9.17) is 4.84 Å². The van der Waals surface area contributed by atoms with Gasteiger partial charge in [-0.25, -0.2) is 4.98 Å². The molecule has 0 aliphatic rings. The molecule has 0 N–H and O–H groups in total. The van der Waals surface area contributed by atoms with Crippen LogP contribution in [0.15, 0.2) is 18.7 Å². The summed E-state index contributed by atoms with van der Waals surface area (Å²) in [4.78, 5) is 10.5. The maximum atomic E-state index is 5.15. The first-order valence-corrected chi connectivity index (χ1v) is 3.41. The van der Waals surface area contributed by atoms with E-state index in [0.717, 1.165) is 5.52 Å². The number of nitrogens with zero attached hydrogens (tertiary/aromatic N) is 4. The molecule has 2 aromatic heterocycles. The number of fused-ring (bicyclic) bond motifs is 1. The summed E-state index contributed by atoms with van der Waals surface area (Å²) in [6.45, 7) is 2.50. The highest BCUT2D eigenvalue weighted by Gasteiger charge is 1.99. The van der Waals surface area contributed by atoms with Gasteiger partial charge in [-0.15, -0.1) is 5.10 Å². The third-order valence-corrected chi connectivity index (χ3v) is 1.37. The zero-order valence-electron chi connectivity index (χ0n) is 6.14. The molecule has 2 heterocycles. The van der Waals surface area contributed by atoms with Crippen molar-refractivity contribution in [2.24, 2.45) is 0 Å². The lowest BCUT2D eigenvalue weighted by molar-refractivity contribution is 0.0534. The molecule has 0 atom stereocenters. The van der Waals surface area contributed by atoms with Gasteiger partial charge in [-0.3, -0.25) is 0 Å². The highest BCUT2D eigenvalue weighted by molar-refractivity contribution is 5.39. The van der Waals surface area contributed by atoms with E-state index in [-0.39, 0.29) is 0 Å². The van der Waals surface area contributed by atoms with Crippen molar-refractivity contribution in [3.8, 4) is 0 Å². The highest BCUT2D eigenvalue weighted by atomic mass is 16.7. The van der Waals surface area contributed by atoms with Crippen LogP contribution >= 0.6 is 0 Å². The molecule has 0 aromatic carbocycles. The summed E-state index contributed by atoms with van der Waals surface area (Å²) >= 11 is 0. The topological polar surface area (TPSA) is 44.3 Å². The van der Waals surface area contributed by atoms with Crippen LogP contribution in [0.2, 0.25) is 0 Å². The monoisotopic (exact) mass is 152 g/mol. The van der Waals surface area contributed by atoms with E-state index >= 15 is 0 Å². The summed E-state index contributed by atoms with van der Waals surface area (Å²) in [6.07, 6.45) is 5.07. The molecule has 2 aromatic rings. The van der Waals surface area contributed by atoms with E-state index in [1.165, 1.54) is 4.96 Å². The maximum absolute atomic E-state index is 5.15. The third kappa shape index (κ3) is 0.849. The highest BCUT2D eigenvalue weighted by Crippen LogP contribution is 1.97. The minimum Gasteiger partial charge on any atom is -0.383 e. The molecular formula is C6H8N4O. The minimum absolute atomic E-state index is 0.592. The molecule has 0 radical (unpaired) electrons.